The van der Waals surface area contributed by atoms with Crippen LogP contribution in [0.1, 0.15) is 25.8 Å². The quantitative estimate of drug-likeness (QED) is 0.594. The van der Waals surface area contributed by atoms with E-state index in [1.807, 2.05) is 6.92 Å². The van der Waals surface area contributed by atoms with Gasteiger partial charge in [0.05, 0.1) is 18.4 Å². The fraction of sp³-hybridized carbons (Fsp3) is 0.200. The molecule has 0 saturated heterocycles. The Bertz CT molecular complexity index is 1330. The first-order valence-electron chi connectivity index (χ1n) is 9.08. The highest BCUT2D eigenvalue weighted by Gasteiger charge is 2.19. The first-order chi connectivity index (χ1) is 13.6. The molecule has 1 aliphatic rings. The molecule has 140 valence electrons. The number of hydrogen-bond acceptors (Lipinski definition) is 4. The minimum atomic E-state index is -0.379. The van der Waals surface area contributed by atoms with Crippen LogP contribution < -0.4 is 5.69 Å². The maximum absolute atomic E-state index is 13.7. The molecule has 4 heterocycles. The van der Waals surface area contributed by atoms with E-state index in [2.05, 4.69) is 38.2 Å². The molecule has 0 amide bonds. The molecule has 1 atom stereocenters. The number of nitrogens with one attached hydrogen (secondary N) is 1. The van der Waals surface area contributed by atoms with Crippen molar-refractivity contribution in [2.75, 3.05) is 0 Å². The molecule has 0 fully saturated rings. The van der Waals surface area contributed by atoms with Crippen LogP contribution in [0, 0.1) is 5.82 Å². The molecule has 5 rings (SSSR count). The van der Waals surface area contributed by atoms with Crippen molar-refractivity contribution >= 4 is 16.8 Å². The minimum Gasteiger partial charge on any atom is -0.303 e. The number of aromatic amines is 1. The van der Waals surface area contributed by atoms with Crippen molar-refractivity contribution in [3.8, 4) is 11.5 Å². The molecule has 0 radical (unpaired) electrons. The summed E-state index contributed by atoms with van der Waals surface area (Å²) in [7, 11) is 0. The second-order valence-corrected chi connectivity index (χ2v) is 6.81. The number of allylic oxidation sites excluding steroid dienone is 4. The number of rotatable bonds is 3. The van der Waals surface area contributed by atoms with Crippen LogP contribution in [0.2, 0.25) is 0 Å². The van der Waals surface area contributed by atoms with E-state index in [1.165, 1.54) is 12.3 Å². The van der Waals surface area contributed by atoms with Crippen LogP contribution in [0.25, 0.3) is 28.3 Å². The molecule has 0 unspecified atom stereocenters. The lowest BCUT2D eigenvalue weighted by atomic mass is 10.0. The number of hydrogen-bond donors (Lipinski definition) is 1. The largest absolute Gasteiger partial charge is 0.328 e. The Hall–Kier alpha value is -3.55. The van der Waals surface area contributed by atoms with Gasteiger partial charge in [0.1, 0.15) is 22.7 Å². The molecule has 1 N–H and O–H groups in total. The van der Waals surface area contributed by atoms with Crippen LogP contribution in [-0.2, 0) is 0 Å². The van der Waals surface area contributed by atoms with E-state index in [1.54, 1.807) is 27.4 Å². The van der Waals surface area contributed by atoms with Gasteiger partial charge in [0, 0.05) is 6.20 Å². The minimum absolute atomic E-state index is 0.167. The zero-order valence-electron chi connectivity index (χ0n) is 15.1. The Morgan fingerprint density at radius 3 is 2.93 bits per heavy atom. The number of H-pyrrole nitrogens is 1. The first-order valence-corrected chi connectivity index (χ1v) is 9.08. The smallest absolute Gasteiger partial charge is 0.303 e. The molecule has 1 aliphatic carbocycles. The van der Waals surface area contributed by atoms with Gasteiger partial charge >= 0.3 is 5.69 Å². The summed E-state index contributed by atoms with van der Waals surface area (Å²) in [6, 6.07) is 2.78. The fourth-order valence-electron chi connectivity index (χ4n) is 3.61. The number of aromatic nitrogens is 6. The van der Waals surface area contributed by atoms with Crippen molar-refractivity contribution < 1.29 is 4.39 Å². The molecular weight excluding hydrogens is 359 g/mol. The highest BCUT2D eigenvalue weighted by molar-refractivity contribution is 5.73. The van der Waals surface area contributed by atoms with Crippen molar-refractivity contribution in [1.82, 2.24) is 28.9 Å². The maximum Gasteiger partial charge on any atom is 0.328 e. The predicted octanol–water partition coefficient (Wildman–Crippen LogP) is 3.41. The highest BCUT2D eigenvalue weighted by Crippen LogP contribution is 2.25. The average molecular weight is 376 g/mol. The van der Waals surface area contributed by atoms with Gasteiger partial charge in [0.25, 0.3) is 0 Å². The zero-order chi connectivity index (χ0) is 19.3. The van der Waals surface area contributed by atoms with E-state index in [9.17, 15) is 9.18 Å². The second-order valence-electron chi connectivity index (χ2n) is 6.81. The third-order valence-electron chi connectivity index (χ3n) is 5.05. The molecule has 28 heavy (non-hydrogen) atoms. The number of fused-ring (bicyclic) bond motifs is 2. The third kappa shape index (κ3) is 2.57. The molecular formula is C20H17FN6O. The molecule has 0 aromatic carbocycles. The van der Waals surface area contributed by atoms with E-state index in [-0.39, 0.29) is 17.5 Å². The highest BCUT2D eigenvalue weighted by atomic mass is 19.1. The van der Waals surface area contributed by atoms with E-state index >= 15 is 0 Å². The summed E-state index contributed by atoms with van der Waals surface area (Å²) in [5.74, 6) is -0.00487. The molecule has 0 spiro atoms. The summed E-state index contributed by atoms with van der Waals surface area (Å²) in [5.41, 5.74) is 3.05. The van der Waals surface area contributed by atoms with Crippen LogP contribution in [0.15, 0.2) is 59.3 Å². The summed E-state index contributed by atoms with van der Waals surface area (Å²) in [6.45, 7) is 1.97. The van der Waals surface area contributed by atoms with Crippen LogP contribution in [-0.4, -0.2) is 28.9 Å². The van der Waals surface area contributed by atoms with E-state index in [0.717, 1.165) is 18.4 Å². The fourth-order valence-corrected chi connectivity index (χ4v) is 3.61. The topological polar surface area (TPSA) is 80.9 Å². The Morgan fingerprint density at radius 1 is 1.21 bits per heavy atom. The van der Waals surface area contributed by atoms with Gasteiger partial charge in [-0.05, 0) is 37.5 Å². The van der Waals surface area contributed by atoms with E-state index < -0.39 is 0 Å². The summed E-state index contributed by atoms with van der Waals surface area (Å²) >= 11 is 0. The lowest BCUT2D eigenvalue weighted by Crippen LogP contribution is -2.22. The summed E-state index contributed by atoms with van der Waals surface area (Å²) in [6.07, 6.45) is 12.8. The van der Waals surface area contributed by atoms with Gasteiger partial charge in [-0.1, -0.05) is 18.2 Å². The maximum atomic E-state index is 13.7. The van der Waals surface area contributed by atoms with Gasteiger partial charge in [-0.25, -0.2) is 24.1 Å². The normalized spacial score (nSPS) is 15.3. The Labute approximate surface area is 158 Å². The van der Waals surface area contributed by atoms with Crippen molar-refractivity contribution in [3.05, 3.63) is 70.8 Å². The molecule has 4 aromatic rings. The SMILES string of the molecule is C[C@@H](C1=CCCC=C1)n1c(=O)[nH]c2cnc(-c3cnc4ccc(F)cn34)nc21. The van der Waals surface area contributed by atoms with Crippen molar-refractivity contribution in [1.29, 1.82) is 0 Å². The number of nitrogens with zero attached hydrogens (tertiary/aromatic N) is 5. The molecule has 0 aliphatic heterocycles. The van der Waals surface area contributed by atoms with Gasteiger partial charge in [-0.2, -0.15) is 0 Å². The number of pyridine rings is 1. The van der Waals surface area contributed by atoms with Crippen molar-refractivity contribution in [3.63, 3.8) is 0 Å². The number of imidazole rings is 2. The van der Waals surface area contributed by atoms with Crippen molar-refractivity contribution in [2.24, 2.45) is 0 Å². The van der Waals surface area contributed by atoms with Gasteiger partial charge in [0.2, 0.25) is 0 Å². The van der Waals surface area contributed by atoms with Crippen LogP contribution in [0.4, 0.5) is 4.39 Å². The van der Waals surface area contributed by atoms with Crippen LogP contribution in [0.3, 0.4) is 0 Å². The monoisotopic (exact) mass is 376 g/mol. The van der Waals surface area contributed by atoms with Crippen molar-refractivity contribution in [2.45, 2.75) is 25.8 Å². The first kappa shape index (κ1) is 16.6. The Morgan fingerprint density at radius 2 is 2.11 bits per heavy atom. The van der Waals surface area contributed by atoms with Crippen LogP contribution >= 0.6 is 0 Å². The standard InChI is InChI=1S/C20H17FN6O/c1-12(13-5-3-2-4-6-13)27-19-15(24-20(27)28)9-23-18(25-19)16-10-22-17-8-7-14(21)11-26(16)17/h3,5-12H,2,4H2,1H3,(H,24,28)/t12-/m0/s1. The third-order valence-corrected chi connectivity index (χ3v) is 5.05. The molecule has 0 bridgehead atoms. The zero-order valence-corrected chi connectivity index (χ0v) is 15.1. The number of halogens is 1. The van der Waals surface area contributed by atoms with Crippen LogP contribution in [0.5, 0.6) is 0 Å². The lowest BCUT2D eigenvalue weighted by molar-refractivity contribution is 0.619. The van der Waals surface area contributed by atoms with Gasteiger partial charge < -0.3 is 4.98 Å². The predicted molar refractivity (Wildman–Crippen MR) is 103 cm³/mol. The van der Waals surface area contributed by atoms with E-state index in [4.69, 9.17) is 0 Å². The lowest BCUT2D eigenvalue weighted by Gasteiger charge is -2.17. The average Bonchev–Trinajstić information content (AvgIpc) is 3.27. The van der Waals surface area contributed by atoms with Gasteiger partial charge in [0.15, 0.2) is 11.5 Å². The summed E-state index contributed by atoms with van der Waals surface area (Å²) in [5, 5.41) is 0. The molecule has 7 nitrogen and oxygen atoms in total. The Balaban J connectivity index is 1.68. The molecule has 0 saturated carbocycles. The molecule has 8 heteroatoms. The Kier molecular flexibility index (Phi) is 3.71. The summed E-state index contributed by atoms with van der Waals surface area (Å²) < 4.78 is 16.9. The summed E-state index contributed by atoms with van der Waals surface area (Å²) in [4.78, 5) is 28.7. The second kappa shape index (κ2) is 6.26. The molecule has 4 aromatic heterocycles. The van der Waals surface area contributed by atoms with Gasteiger partial charge in [-0.15, -0.1) is 0 Å². The van der Waals surface area contributed by atoms with E-state index in [0.29, 0.717) is 28.3 Å². The van der Waals surface area contributed by atoms with Gasteiger partial charge in [-0.3, -0.25) is 8.97 Å².